The summed E-state index contributed by atoms with van der Waals surface area (Å²) in [5.41, 5.74) is 3.95. The van der Waals surface area contributed by atoms with Crippen LogP contribution >= 0.6 is 0 Å². The van der Waals surface area contributed by atoms with E-state index < -0.39 is 17.2 Å². The standard InChI is InChI=1S/C30H49N3O4/c1-8-11-18-30(36-22-28(4,5)23-37-30)29(31-32(6)7)19-17-25(35-21-24-15-13-12-14-16-24)20-26(29)27(34)33(9-2)10-3/h11-16,18,25-26,31H,8-10,17,19-23H2,1-7H3/b18-11+. The number of nitrogens with one attached hydrogen (secondary N) is 1. The van der Waals surface area contributed by atoms with Gasteiger partial charge in [-0.05, 0) is 51.2 Å². The van der Waals surface area contributed by atoms with Crippen LogP contribution in [0.1, 0.15) is 65.9 Å². The first-order valence-corrected chi connectivity index (χ1v) is 14.0. The van der Waals surface area contributed by atoms with E-state index in [0.717, 1.165) is 18.4 Å². The Hall–Kier alpha value is -1.77. The lowest BCUT2D eigenvalue weighted by Gasteiger charge is -2.58. The molecule has 1 aliphatic heterocycles. The first-order valence-electron chi connectivity index (χ1n) is 14.0. The van der Waals surface area contributed by atoms with E-state index in [2.05, 4.69) is 50.5 Å². The summed E-state index contributed by atoms with van der Waals surface area (Å²) in [4.78, 5) is 16.2. The van der Waals surface area contributed by atoms with Crippen molar-refractivity contribution in [3.8, 4) is 0 Å². The van der Waals surface area contributed by atoms with E-state index in [-0.39, 0.29) is 17.4 Å². The van der Waals surface area contributed by atoms with Crippen LogP contribution < -0.4 is 5.43 Å². The highest BCUT2D eigenvalue weighted by Gasteiger charge is 2.63. The minimum absolute atomic E-state index is 0.0333. The number of allylic oxidation sites excluding steroid dienone is 1. The number of nitrogens with zero attached hydrogens (tertiary/aromatic N) is 2. The van der Waals surface area contributed by atoms with Gasteiger partial charge in [0.05, 0.1) is 31.8 Å². The number of carbonyl (C=O) groups is 1. The summed E-state index contributed by atoms with van der Waals surface area (Å²) < 4.78 is 19.8. The number of rotatable bonds is 11. The summed E-state index contributed by atoms with van der Waals surface area (Å²) in [6, 6.07) is 10.2. The van der Waals surface area contributed by atoms with E-state index in [4.69, 9.17) is 14.2 Å². The van der Waals surface area contributed by atoms with Gasteiger partial charge in [0.25, 0.3) is 0 Å². The zero-order chi connectivity index (χ0) is 27.1. The van der Waals surface area contributed by atoms with E-state index in [1.165, 1.54) is 0 Å². The number of ether oxygens (including phenoxy) is 3. The van der Waals surface area contributed by atoms with E-state index in [1.807, 2.05) is 56.1 Å². The van der Waals surface area contributed by atoms with Crippen molar-refractivity contribution < 1.29 is 19.0 Å². The highest BCUT2D eigenvalue weighted by molar-refractivity contribution is 5.81. The van der Waals surface area contributed by atoms with Gasteiger partial charge >= 0.3 is 0 Å². The average molecular weight is 516 g/mol. The van der Waals surface area contributed by atoms with Crippen LogP contribution in [-0.2, 0) is 25.6 Å². The first kappa shape index (κ1) is 29.8. The van der Waals surface area contributed by atoms with E-state index in [9.17, 15) is 4.79 Å². The Labute approximate surface area is 224 Å². The maximum absolute atomic E-state index is 14.2. The van der Waals surface area contributed by atoms with Gasteiger partial charge in [0.1, 0.15) is 5.54 Å². The molecule has 1 aromatic rings. The molecule has 1 aliphatic carbocycles. The number of hydrogen-bond acceptors (Lipinski definition) is 6. The molecular weight excluding hydrogens is 466 g/mol. The van der Waals surface area contributed by atoms with Gasteiger partial charge in [-0.1, -0.05) is 57.2 Å². The molecule has 3 unspecified atom stereocenters. The van der Waals surface area contributed by atoms with Crippen LogP contribution in [0.3, 0.4) is 0 Å². The summed E-state index contributed by atoms with van der Waals surface area (Å²) in [5.74, 6) is -1.35. The first-order chi connectivity index (χ1) is 17.6. The van der Waals surface area contributed by atoms with Crippen LogP contribution in [0.15, 0.2) is 42.5 Å². The molecule has 2 aliphatic rings. The molecule has 1 heterocycles. The van der Waals surface area contributed by atoms with Crippen LogP contribution in [0.5, 0.6) is 0 Å². The third-order valence-corrected chi connectivity index (χ3v) is 7.63. The molecule has 37 heavy (non-hydrogen) atoms. The lowest BCUT2D eigenvalue weighted by Crippen LogP contribution is -2.75. The van der Waals surface area contributed by atoms with Crippen LogP contribution in [0.2, 0.25) is 0 Å². The summed E-state index contributed by atoms with van der Waals surface area (Å²) in [7, 11) is 3.95. The maximum atomic E-state index is 14.2. The fourth-order valence-corrected chi connectivity index (χ4v) is 5.64. The molecule has 7 nitrogen and oxygen atoms in total. The topological polar surface area (TPSA) is 63.3 Å². The molecule has 208 valence electrons. The Morgan fingerprint density at radius 3 is 2.32 bits per heavy atom. The molecule has 1 aromatic carbocycles. The van der Waals surface area contributed by atoms with Crippen molar-refractivity contribution in [2.75, 3.05) is 40.4 Å². The molecule has 1 saturated carbocycles. The summed E-state index contributed by atoms with van der Waals surface area (Å²) in [6.07, 6.45) is 7.06. The lowest BCUT2D eigenvalue weighted by atomic mass is 9.65. The number of hydrazine groups is 1. The van der Waals surface area contributed by atoms with Gasteiger partial charge in [0, 0.05) is 32.6 Å². The molecule has 0 radical (unpaired) electrons. The van der Waals surface area contributed by atoms with Crippen LogP contribution in [0.4, 0.5) is 0 Å². The number of benzene rings is 1. The number of amides is 1. The second kappa shape index (κ2) is 12.9. The summed E-state index contributed by atoms with van der Waals surface area (Å²) >= 11 is 0. The van der Waals surface area contributed by atoms with Crippen LogP contribution in [0.25, 0.3) is 0 Å². The second-order valence-electron chi connectivity index (χ2n) is 11.5. The Morgan fingerprint density at radius 2 is 1.76 bits per heavy atom. The minimum atomic E-state index is -1.07. The Balaban J connectivity index is 2.03. The quantitative estimate of drug-likeness (QED) is 0.338. The van der Waals surface area contributed by atoms with Gasteiger partial charge in [-0.2, -0.15) is 0 Å². The van der Waals surface area contributed by atoms with Gasteiger partial charge in [-0.15, -0.1) is 0 Å². The fourth-order valence-electron chi connectivity index (χ4n) is 5.64. The van der Waals surface area contributed by atoms with Crippen molar-refractivity contribution in [1.82, 2.24) is 15.3 Å². The third kappa shape index (κ3) is 6.82. The monoisotopic (exact) mass is 515 g/mol. The molecular formula is C30H49N3O4. The molecule has 0 bridgehead atoms. The highest BCUT2D eigenvalue weighted by atomic mass is 16.7. The number of carbonyl (C=O) groups excluding carboxylic acids is 1. The van der Waals surface area contributed by atoms with Gasteiger partial charge in [0.2, 0.25) is 11.7 Å². The van der Waals surface area contributed by atoms with Gasteiger partial charge < -0.3 is 19.1 Å². The fraction of sp³-hybridized carbons (Fsp3) is 0.700. The molecule has 1 saturated heterocycles. The Kier molecular flexibility index (Phi) is 10.3. The molecule has 3 atom stereocenters. The minimum Gasteiger partial charge on any atom is -0.374 e. The van der Waals surface area contributed by atoms with Crippen molar-refractivity contribution >= 4 is 5.91 Å². The molecule has 7 heteroatoms. The summed E-state index contributed by atoms with van der Waals surface area (Å²) in [5, 5.41) is 1.95. The smallest absolute Gasteiger partial charge is 0.227 e. The van der Waals surface area contributed by atoms with Gasteiger partial charge in [-0.25, -0.2) is 10.4 Å². The van der Waals surface area contributed by atoms with Crippen LogP contribution in [-0.4, -0.2) is 73.6 Å². The van der Waals surface area contributed by atoms with Crippen molar-refractivity contribution in [3.63, 3.8) is 0 Å². The predicted molar refractivity (Wildman–Crippen MR) is 148 cm³/mol. The molecule has 0 spiro atoms. The van der Waals surface area contributed by atoms with Crippen molar-refractivity contribution in [3.05, 3.63) is 48.0 Å². The van der Waals surface area contributed by atoms with Crippen molar-refractivity contribution in [2.24, 2.45) is 11.3 Å². The SMILES string of the molecule is CC/C=C/C1(C2(NN(C)C)CCC(OCc3ccccc3)CC2C(=O)N(CC)CC)OCC(C)(C)CO1. The molecule has 2 fully saturated rings. The van der Waals surface area contributed by atoms with Crippen molar-refractivity contribution in [2.45, 2.75) is 84.3 Å². The number of hydrogen-bond donors (Lipinski definition) is 1. The molecule has 1 amide bonds. The third-order valence-electron chi connectivity index (χ3n) is 7.63. The van der Waals surface area contributed by atoms with E-state index >= 15 is 0 Å². The van der Waals surface area contributed by atoms with Gasteiger partial charge in [-0.3, -0.25) is 4.79 Å². The molecule has 0 aromatic heterocycles. The largest absolute Gasteiger partial charge is 0.374 e. The van der Waals surface area contributed by atoms with Crippen LogP contribution in [0, 0.1) is 11.3 Å². The maximum Gasteiger partial charge on any atom is 0.227 e. The zero-order valence-corrected chi connectivity index (χ0v) is 24.1. The van der Waals surface area contributed by atoms with E-state index in [0.29, 0.717) is 45.8 Å². The predicted octanol–water partition coefficient (Wildman–Crippen LogP) is 4.78. The molecule has 3 rings (SSSR count). The van der Waals surface area contributed by atoms with E-state index in [1.54, 1.807) is 0 Å². The lowest BCUT2D eigenvalue weighted by molar-refractivity contribution is -0.324. The Morgan fingerprint density at radius 1 is 1.11 bits per heavy atom. The normalized spacial score (nSPS) is 27.5. The molecule has 1 N–H and O–H groups in total. The van der Waals surface area contributed by atoms with Crippen molar-refractivity contribution in [1.29, 1.82) is 0 Å². The Bertz CT molecular complexity index is 874. The summed E-state index contributed by atoms with van der Waals surface area (Å²) in [6.45, 7) is 13.4. The average Bonchev–Trinajstić information content (AvgIpc) is 2.88. The zero-order valence-electron chi connectivity index (χ0n) is 24.1. The highest BCUT2D eigenvalue weighted by Crippen LogP contribution is 2.49. The second-order valence-corrected chi connectivity index (χ2v) is 11.5. The van der Waals surface area contributed by atoms with Gasteiger partial charge in [0.15, 0.2) is 0 Å².